The van der Waals surface area contributed by atoms with Crippen LogP contribution >= 0.6 is 23.2 Å². The van der Waals surface area contributed by atoms with Crippen molar-refractivity contribution in [2.45, 2.75) is 20.4 Å². The van der Waals surface area contributed by atoms with Gasteiger partial charge in [0.15, 0.2) is 12.4 Å². The molecule has 7 heteroatoms. The smallest absolute Gasteiger partial charge is 0.341 e. The molecular formula is C20H17Cl2N2O3+. The first-order chi connectivity index (χ1) is 12.9. The van der Waals surface area contributed by atoms with Crippen LogP contribution in [0.1, 0.15) is 23.0 Å². The Kier molecular flexibility index (Phi) is 5.35. The summed E-state index contributed by atoms with van der Waals surface area (Å²) in [5, 5.41) is 10.5. The summed E-state index contributed by atoms with van der Waals surface area (Å²) in [5.74, 6) is -1.29. The minimum atomic E-state index is -1.29. The fraction of sp³-hybridized carbons (Fsp3) is 0.150. The maximum absolute atomic E-state index is 13.2. The van der Waals surface area contributed by atoms with Crippen LogP contribution < -0.4 is 10.4 Å². The zero-order valence-corrected chi connectivity index (χ0v) is 16.2. The van der Waals surface area contributed by atoms with E-state index in [2.05, 4.69) is 4.98 Å². The number of rotatable bonds is 4. The van der Waals surface area contributed by atoms with Crippen LogP contribution in [0, 0.1) is 6.92 Å². The first-order valence-corrected chi connectivity index (χ1v) is 9.05. The number of hydrogen-bond acceptors (Lipinski definition) is 2. The van der Waals surface area contributed by atoms with Gasteiger partial charge >= 0.3 is 5.97 Å². The van der Waals surface area contributed by atoms with Crippen LogP contribution in [0.25, 0.3) is 22.4 Å². The lowest BCUT2D eigenvalue weighted by molar-refractivity contribution is -0.377. The van der Waals surface area contributed by atoms with Gasteiger partial charge in [-0.15, -0.1) is 0 Å². The molecule has 0 fully saturated rings. The number of nitrogens with one attached hydrogen (secondary N) is 1. The third kappa shape index (κ3) is 3.36. The molecular weight excluding hydrogens is 387 g/mol. The third-order valence-corrected chi connectivity index (χ3v) is 5.19. The summed E-state index contributed by atoms with van der Waals surface area (Å²) in [7, 11) is 0. The average Bonchev–Trinajstić information content (AvgIpc) is 2.64. The van der Waals surface area contributed by atoms with Crippen molar-refractivity contribution in [3.63, 3.8) is 0 Å². The maximum Gasteiger partial charge on any atom is 0.341 e. The fourth-order valence-electron chi connectivity index (χ4n) is 3.26. The molecule has 0 unspecified atom stereocenters. The lowest BCUT2D eigenvalue weighted by Gasteiger charge is -2.21. The molecule has 3 aromatic rings. The topological polar surface area (TPSA) is 73.4 Å². The molecule has 2 aromatic heterocycles. The van der Waals surface area contributed by atoms with Gasteiger partial charge in [-0.3, -0.25) is 4.79 Å². The highest BCUT2D eigenvalue weighted by atomic mass is 35.5. The zero-order valence-electron chi connectivity index (χ0n) is 14.7. The zero-order chi connectivity index (χ0) is 19.7. The standard InChI is InChI=1S/C20H16Cl2N2O3/c1-3-24-11(2)16(13-5-4-8-23-10-13)19(25)17(20(26)27)18(24)12-6-7-14(21)15(22)9-12/h4-10H,3H2,1-2H3,(H,26,27)/p+1. The average molecular weight is 404 g/mol. The van der Waals surface area contributed by atoms with Crippen LogP contribution in [0.5, 0.6) is 0 Å². The van der Waals surface area contributed by atoms with Gasteiger partial charge in [0.25, 0.3) is 0 Å². The summed E-state index contributed by atoms with van der Waals surface area (Å²) in [4.78, 5) is 28.2. The molecule has 0 aliphatic heterocycles. The molecule has 27 heavy (non-hydrogen) atoms. The summed E-state index contributed by atoms with van der Waals surface area (Å²) < 4.78 is 1.81. The van der Waals surface area contributed by atoms with Crippen LogP contribution in [-0.2, 0) is 6.54 Å². The number of hydrogen-bond donors (Lipinski definition) is 1. The van der Waals surface area contributed by atoms with E-state index in [0.29, 0.717) is 44.7 Å². The van der Waals surface area contributed by atoms with Crippen LogP contribution in [0.3, 0.4) is 0 Å². The van der Waals surface area contributed by atoms with Crippen LogP contribution in [0.4, 0.5) is 0 Å². The summed E-state index contributed by atoms with van der Waals surface area (Å²) >= 11 is 12.1. The lowest BCUT2D eigenvalue weighted by Crippen LogP contribution is -2.25. The van der Waals surface area contributed by atoms with Gasteiger partial charge in [0, 0.05) is 23.9 Å². The molecule has 0 radical (unpaired) electrons. The van der Waals surface area contributed by atoms with E-state index >= 15 is 0 Å². The normalized spacial score (nSPS) is 10.8. The molecule has 0 aliphatic rings. The van der Waals surface area contributed by atoms with E-state index in [1.54, 1.807) is 49.6 Å². The minimum Gasteiger partial charge on any atom is -0.477 e. The number of benzene rings is 1. The van der Waals surface area contributed by atoms with Crippen molar-refractivity contribution in [2.75, 3.05) is 0 Å². The molecule has 0 aliphatic carbocycles. The second-order valence-corrected chi connectivity index (χ2v) is 6.80. The highest BCUT2D eigenvalue weighted by Crippen LogP contribution is 2.32. The van der Waals surface area contributed by atoms with Gasteiger partial charge in [0.1, 0.15) is 5.56 Å². The number of aromatic carboxylic acids is 1. The Bertz CT molecular complexity index is 1090. The van der Waals surface area contributed by atoms with E-state index in [1.807, 2.05) is 11.5 Å². The highest BCUT2D eigenvalue weighted by molar-refractivity contribution is 6.42. The fourth-order valence-corrected chi connectivity index (χ4v) is 3.56. The predicted octanol–water partition coefficient (Wildman–Crippen LogP) is 4.33. The number of aromatic nitrogens is 2. The van der Waals surface area contributed by atoms with E-state index in [1.165, 1.54) is 0 Å². The molecule has 2 heterocycles. The first-order valence-electron chi connectivity index (χ1n) is 8.29. The maximum atomic E-state index is 13.2. The molecule has 0 amide bonds. The summed E-state index contributed by atoms with van der Waals surface area (Å²) in [6.07, 6.45) is 3.40. The second-order valence-electron chi connectivity index (χ2n) is 5.98. The molecule has 1 aromatic carbocycles. The SMILES string of the molecule is CCn1c(C)c(-c2ccc[nH+]c2)c(=O)c(C(=O)O)c1-c1ccc(Cl)c(Cl)c1. The number of halogens is 2. The van der Waals surface area contributed by atoms with E-state index in [-0.39, 0.29) is 5.56 Å². The summed E-state index contributed by atoms with van der Waals surface area (Å²) in [6, 6.07) is 8.36. The monoisotopic (exact) mass is 403 g/mol. The highest BCUT2D eigenvalue weighted by Gasteiger charge is 2.26. The molecule has 0 bridgehead atoms. The van der Waals surface area contributed by atoms with Gasteiger partial charge in [-0.2, -0.15) is 0 Å². The first kappa shape index (κ1) is 19.1. The van der Waals surface area contributed by atoms with Crippen molar-refractivity contribution in [3.05, 3.63) is 74.3 Å². The molecule has 5 nitrogen and oxygen atoms in total. The Balaban J connectivity index is 2.46. The van der Waals surface area contributed by atoms with Crippen LogP contribution in [-0.4, -0.2) is 15.6 Å². The Morgan fingerprint density at radius 1 is 1.19 bits per heavy atom. The van der Waals surface area contributed by atoms with Gasteiger partial charge in [0.05, 0.1) is 26.9 Å². The van der Waals surface area contributed by atoms with Crippen molar-refractivity contribution in [2.24, 2.45) is 0 Å². The Morgan fingerprint density at radius 3 is 2.48 bits per heavy atom. The number of carboxylic acids is 1. The Morgan fingerprint density at radius 2 is 1.93 bits per heavy atom. The van der Waals surface area contributed by atoms with Crippen molar-refractivity contribution in [1.82, 2.24) is 4.57 Å². The number of carboxylic acid groups (broad SMARTS) is 1. The van der Waals surface area contributed by atoms with Crippen LogP contribution in [0.15, 0.2) is 47.5 Å². The molecule has 0 spiro atoms. The van der Waals surface area contributed by atoms with Gasteiger partial charge in [0.2, 0.25) is 5.43 Å². The van der Waals surface area contributed by atoms with E-state index in [0.717, 1.165) is 0 Å². The minimum absolute atomic E-state index is 0.292. The van der Waals surface area contributed by atoms with Crippen molar-refractivity contribution < 1.29 is 14.9 Å². The van der Waals surface area contributed by atoms with Crippen LogP contribution in [0.2, 0.25) is 10.0 Å². The second kappa shape index (κ2) is 7.55. The van der Waals surface area contributed by atoms with Gasteiger partial charge in [-0.05, 0) is 32.0 Å². The number of H-pyrrole nitrogens is 1. The Labute approximate surface area is 165 Å². The number of carbonyl (C=O) groups is 1. The molecule has 3 rings (SSSR count). The Hall–Kier alpha value is -2.63. The number of pyridine rings is 2. The van der Waals surface area contributed by atoms with Crippen molar-refractivity contribution in [3.8, 4) is 22.4 Å². The van der Waals surface area contributed by atoms with Gasteiger partial charge in [-0.1, -0.05) is 29.3 Å². The van der Waals surface area contributed by atoms with Crippen molar-refractivity contribution in [1.29, 1.82) is 0 Å². The summed E-state index contributed by atoms with van der Waals surface area (Å²) in [6.45, 7) is 4.18. The van der Waals surface area contributed by atoms with Crippen molar-refractivity contribution >= 4 is 29.2 Å². The quantitative estimate of drug-likeness (QED) is 0.704. The number of aromatic amines is 1. The van der Waals surface area contributed by atoms with E-state index in [4.69, 9.17) is 23.2 Å². The summed E-state index contributed by atoms with van der Waals surface area (Å²) in [5.41, 5.74) is 1.67. The van der Waals surface area contributed by atoms with Gasteiger partial charge < -0.3 is 9.67 Å². The molecule has 0 saturated heterocycles. The van der Waals surface area contributed by atoms with E-state index < -0.39 is 11.4 Å². The molecule has 138 valence electrons. The lowest BCUT2D eigenvalue weighted by atomic mass is 9.97. The largest absolute Gasteiger partial charge is 0.477 e. The molecule has 0 saturated carbocycles. The number of nitrogens with zero attached hydrogens (tertiary/aromatic N) is 1. The van der Waals surface area contributed by atoms with E-state index in [9.17, 15) is 14.7 Å². The third-order valence-electron chi connectivity index (χ3n) is 4.45. The molecule has 0 atom stereocenters. The predicted molar refractivity (Wildman–Crippen MR) is 106 cm³/mol. The molecule has 2 N–H and O–H groups in total. The van der Waals surface area contributed by atoms with Gasteiger partial charge in [-0.25, -0.2) is 9.78 Å².